The molecule has 2 aromatic rings. The van der Waals surface area contributed by atoms with Crippen LogP contribution in [0.2, 0.25) is 0 Å². The molecule has 1 aromatic heterocycles. The van der Waals surface area contributed by atoms with Gasteiger partial charge in [-0.15, -0.1) is 0 Å². The van der Waals surface area contributed by atoms with E-state index in [4.69, 9.17) is 0 Å². The van der Waals surface area contributed by atoms with Crippen LogP contribution in [-0.4, -0.2) is 27.4 Å². The van der Waals surface area contributed by atoms with Gasteiger partial charge in [0.05, 0.1) is 23.6 Å². The minimum Gasteiger partial charge on any atom is -0.327 e. The third-order valence-corrected chi connectivity index (χ3v) is 3.80. The lowest BCUT2D eigenvalue weighted by atomic mass is 10.1. The fourth-order valence-corrected chi connectivity index (χ4v) is 2.72. The lowest BCUT2D eigenvalue weighted by Crippen LogP contribution is -2.50. The number of rotatable bonds is 4. The minimum absolute atomic E-state index is 0.196. The number of hydrogen-bond acceptors (Lipinski definition) is 4. The van der Waals surface area contributed by atoms with Crippen LogP contribution in [0.5, 0.6) is 0 Å². The molecule has 2 heterocycles. The summed E-state index contributed by atoms with van der Waals surface area (Å²) in [5.74, 6) is 0.465. The van der Waals surface area contributed by atoms with E-state index in [1.165, 1.54) is 0 Å². The molecule has 1 fully saturated rings. The van der Waals surface area contributed by atoms with Crippen molar-refractivity contribution >= 4 is 22.8 Å². The van der Waals surface area contributed by atoms with E-state index in [-0.39, 0.29) is 17.9 Å². The highest BCUT2D eigenvalue weighted by atomic mass is 16.2. The average molecular weight is 286 g/mol. The molecule has 6 nitrogen and oxygen atoms in total. The number of para-hydroxylation sites is 2. The first-order chi connectivity index (χ1) is 10.2. The van der Waals surface area contributed by atoms with Gasteiger partial charge in [-0.3, -0.25) is 20.2 Å². The van der Waals surface area contributed by atoms with Crippen molar-refractivity contribution in [2.24, 2.45) is 0 Å². The predicted octanol–water partition coefficient (Wildman–Crippen LogP) is 0.951. The van der Waals surface area contributed by atoms with Crippen molar-refractivity contribution in [3.8, 4) is 0 Å². The van der Waals surface area contributed by atoms with Gasteiger partial charge in [0.25, 0.3) is 0 Å². The number of fused-ring (bicyclic) bond motifs is 1. The molecular formula is C15H18N4O2. The van der Waals surface area contributed by atoms with Gasteiger partial charge in [-0.2, -0.15) is 0 Å². The maximum atomic E-state index is 11.7. The summed E-state index contributed by atoms with van der Waals surface area (Å²) in [5.41, 5.74) is 2.06. The Labute approximate surface area is 122 Å². The highest BCUT2D eigenvalue weighted by Crippen LogP contribution is 2.16. The van der Waals surface area contributed by atoms with Crippen molar-refractivity contribution in [3.05, 3.63) is 30.1 Å². The van der Waals surface area contributed by atoms with Crippen LogP contribution in [0.15, 0.2) is 24.3 Å². The normalized spacial score (nSPS) is 19.0. The first-order valence-corrected chi connectivity index (χ1v) is 7.20. The molecule has 21 heavy (non-hydrogen) atoms. The maximum Gasteiger partial charge on any atom is 0.243 e. The largest absolute Gasteiger partial charge is 0.327 e. The number of aryl methyl sites for hydroxylation is 1. The lowest BCUT2D eigenvalue weighted by molar-refractivity contribution is -0.134. The van der Waals surface area contributed by atoms with E-state index in [1.54, 1.807) is 0 Å². The van der Waals surface area contributed by atoms with Crippen LogP contribution in [0.3, 0.4) is 0 Å². The predicted molar refractivity (Wildman–Crippen MR) is 78.4 cm³/mol. The van der Waals surface area contributed by atoms with E-state index in [1.807, 2.05) is 24.3 Å². The second-order valence-electron chi connectivity index (χ2n) is 5.15. The lowest BCUT2D eigenvalue weighted by Gasteiger charge is -2.21. The third-order valence-electron chi connectivity index (χ3n) is 3.80. The van der Waals surface area contributed by atoms with Gasteiger partial charge in [0.2, 0.25) is 11.8 Å². The number of imidazole rings is 1. The van der Waals surface area contributed by atoms with Gasteiger partial charge in [-0.1, -0.05) is 12.1 Å². The monoisotopic (exact) mass is 286 g/mol. The summed E-state index contributed by atoms with van der Waals surface area (Å²) in [6.45, 7) is 3.41. The summed E-state index contributed by atoms with van der Waals surface area (Å²) in [5, 5.41) is 5.55. The number of benzene rings is 1. The van der Waals surface area contributed by atoms with E-state index >= 15 is 0 Å². The van der Waals surface area contributed by atoms with Gasteiger partial charge in [0, 0.05) is 13.0 Å². The average Bonchev–Trinajstić information content (AvgIpc) is 2.83. The number of nitrogens with one attached hydrogen (secondary N) is 2. The van der Waals surface area contributed by atoms with Crippen LogP contribution in [0.4, 0.5) is 0 Å². The third kappa shape index (κ3) is 2.67. The number of carbonyl (C=O) groups is 2. The number of aromatic nitrogens is 2. The highest BCUT2D eigenvalue weighted by Gasteiger charge is 2.26. The summed E-state index contributed by atoms with van der Waals surface area (Å²) in [4.78, 5) is 27.5. The van der Waals surface area contributed by atoms with Gasteiger partial charge in [-0.25, -0.2) is 4.98 Å². The Morgan fingerprint density at radius 1 is 1.38 bits per heavy atom. The van der Waals surface area contributed by atoms with Crippen LogP contribution in [-0.2, 0) is 22.7 Å². The minimum atomic E-state index is -0.326. The molecule has 1 aliphatic rings. The molecule has 0 radical (unpaired) electrons. The first kappa shape index (κ1) is 13.8. The van der Waals surface area contributed by atoms with Crippen molar-refractivity contribution in [1.82, 2.24) is 20.2 Å². The second-order valence-corrected chi connectivity index (χ2v) is 5.15. The number of carbonyl (C=O) groups excluding carboxylic acids is 2. The molecule has 6 heteroatoms. The smallest absolute Gasteiger partial charge is 0.243 e. The molecule has 1 aliphatic heterocycles. The zero-order valence-electron chi connectivity index (χ0n) is 11.9. The SMILES string of the molecule is CCn1c(CNC2CCC(=O)NC2=O)nc2ccccc21. The Hall–Kier alpha value is -2.21. The van der Waals surface area contributed by atoms with E-state index < -0.39 is 0 Å². The number of hydrogen-bond donors (Lipinski definition) is 2. The number of piperidine rings is 1. The fraction of sp³-hybridized carbons (Fsp3) is 0.400. The number of imide groups is 1. The van der Waals surface area contributed by atoms with E-state index in [0.717, 1.165) is 23.4 Å². The molecule has 1 aromatic carbocycles. The number of amides is 2. The van der Waals surface area contributed by atoms with Crippen LogP contribution >= 0.6 is 0 Å². The van der Waals surface area contributed by atoms with Crippen LogP contribution in [0.1, 0.15) is 25.6 Å². The Kier molecular flexibility index (Phi) is 3.70. The quantitative estimate of drug-likeness (QED) is 0.821. The van der Waals surface area contributed by atoms with Gasteiger partial charge in [-0.05, 0) is 25.5 Å². The molecule has 0 spiro atoms. The molecular weight excluding hydrogens is 268 g/mol. The van der Waals surface area contributed by atoms with Crippen LogP contribution < -0.4 is 10.6 Å². The maximum absolute atomic E-state index is 11.7. The fourth-order valence-electron chi connectivity index (χ4n) is 2.72. The summed E-state index contributed by atoms with van der Waals surface area (Å²) in [6.07, 6.45) is 0.921. The molecule has 1 unspecified atom stereocenters. The van der Waals surface area contributed by atoms with Gasteiger partial charge in [0.15, 0.2) is 0 Å². The molecule has 1 saturated heterocycles. The molecule has 3 rings (SSSR count). The Bertz CT molecular complexity index is 692. The van der Waals surface area contributed by atoms with E-state index in [9.17, 15) is 9.59 Å². The molecule has 110 valence electrons. The second kappa shape index (κ2) is 5.65. The van der Waals surface area contributed by atoms with Crippen molar-refractivity contribution in [1.29, 1.82) is 0 Å². The Morgan fingerprint density at radius 3 is 2.95 bits per heavy atom. The van der Waals surface area contributed by atoms with E-state index in [2.05, 4.69) is 27.1 Å². The zero-order valence-corrected chi connectivity index (χ0v) is 11.9. The Balaban J connectivity index is 1.76. The molecule has 0 aliphatic carbocycles. The van der Waals surface area contributed by atoms with Gasteiger partial charge in [0.1, 0.15) is 5.82 Å². The molecule has 2 N–H and O–H groups in total. The first-order valence-electron chi connectivity index (χ1n) is 7.20. The van der Waals surface area contributed by atoms with Crippen molar-refractivity contribution < 1.29 is 9.59 Å². The molecule has 0 bridgehead atoms. The van der Waals surface area contributed by atoms with Crippen molar-refractivity contribution in [2.75, 3.05) is 0 Å². The zero-order chi connectivity index (χ0) is 14.8. The van der Waals surface area contributed by atoms with E-state index in [0.29, 0.717) is 19.4 Å². The van der Waals surface area contributed by atoms with Crippen LogP contribution in [0.25, 0.3) is 11.0 Å². The summed E-state index contributed by atoms with van der Waals surface area (Å²) in [6, 6.07) is 7.66. The number of nitrogens with zero attached hydrogens (tertiary/aromatic N) is 2. The molecule has 2 amide bonds. The van der Waals surface area contributed by atoms with Crippen molar-refractivity contribution in [3.63, 3.8) is 0 Å². The summed E-state index contributed by atoms with van der Waals surface area (Å²) >= 11 is 0. The standard InChI is InChI=1S/C15H18N4O2/c1-2-19-12-6-4-3-5-10(12)17-13(19)9-16-11-7-8-14(20)18-15(11)21/h3-6,11,16H,2,7-9H2,1H3,(H,18,20,21). The van der Waals surface area contributed by atoms with Crippen molar-refractivity contribution in [2.45, 2.75) is 38.9 Å². The summed E-state index contributed by atoms with van der Waals surface area (Å²) < 4.78 is 2.13. The summed E-state index contributed by atoms with van der Waals surface area (Å²) in [7, 11) is 0. The topological polar surface area (TPSA) is 76.0 Å². The van der Waals surface area contributed by atoms with Gasteiger partial charge < -0.3 is 4.57 Å². The van der Waals surface area contributed by atoms with Crippen LogP contribution in [0, 0.1) is 0 Å². The Morgan fingerprint density at radius 2 is 2.19 bits per heavy atom. The molecule has 0 saturated carbocycles. The van der Waals surface area contributed by atoms with Gasteiger partial charge >= 0.3 is 0 Å². The molecule has 1 atom stereocenters. The highest BCUT2D eigenvalue weighted by molar-refractivity contribution is 6.00.